The number of anilines is 1. The number of likely N-dealkylation sites (tertiary alicyclic amines) is 1. The summed E-state index contributed by atoms with van der Waals surface area (Å²) in [6.07, 6.45) is 3.97. The quantitative estimate of drug-likeness (QED) is 0.814. The zero-order chi connectivity index (χ0) is 19.7. The van der Waals surface area contributed by atoms with E-state index in [0.29, 0.717) is 43.8 Å². The molecule has 0 spiro atoms. The van der Waals surface area contributed by atoms with Crippen LogP contribution in [0.3, 0.4) is 0 Å². The summed E-state index contributed by atoms with van der Waals surface area (Å²) >= 11 is 0. The number of hydrogen-bond acceptors (Lipinski definition) is 5. The van der Waals surface area contributed by atoms with Gasteiger partial charge in [0.2, 0.25) is 0 Å². The summed E-state index contributed by atoms with van der Waals surface area (Å²) < 4.78 is 20.3. The van der Waals surface area contributed by atoms with Crippen LogP contribution in [-0.2, 0) is 9.53 Å². The Kier molecular flexibility index (Phi) is 5.13. The molecule has 2 fully saturated rings. The molecule has 2 N–H and O–H groups in total. The highest BCUT2D eigenvalue weighted by molar-refractivity contribution is 6.01. The molecule has 0 radical (unpaired) electrons. The molecule has 148 valence electrons. The van der Waals surface area contributed by atoms with Crippen molar-refractivity contribution in [3.05, 3.63) is 41.8 Å². The first-order valence-electron chi connectivity index (χ1n) is 9.58. The first-order valence-corrected chi connectivity index (χ1v) is 9.58. The zero-order valence-corrected chi connectivity index (χ0v) is 15.5. The van der Waals surface area contributed by atoms with Crippen LogP contribution in [0.15, 0.2) is 30.5 Å². The summed E-state index contributed by atoms with van der Waals surface area (Å²) in [5, 5.41) is 4.16. The van der Waals surface area contributed by atoms with Gasteiger partial charge in [0.1, 0.15) is 17.7 Å². The fourth-order valence-electron chi connectivity index (χ4n) is 3.92. The number of hydrogen-bond donors (Lipinski definition) is 1. The molecule has 1 amide bonds. The molecule has 1 atom stereocenters. The van der Waals surface area contributed by atoms with Crippen molar-refractivity contribution in [3.8, 4) is 5.69 Å². The van der Waals surface area contributed by atoms with Crippen molar-refractivity contribution in [3.63, 3.8) is 0 Å². The fourth-order valence-corrected chi connectivity index (χ4v) is 3.92. The lowest BCUT2D eigenvalue weighted by Gasteiger charge is -2.32. The number of Topliss-reactive ketones (excluding diaryl/α,β-unsaturated/α-hetero) is 1. The maximum Gasteiger partial charge on any atom is 0.251 e. The van der Waals surface area contributed by atoms with Gasteiger partial charge in [-0.3, -0.25) is 9.59 Å². The third-order valence-electron chi connectivity index (χ3n) is 5.51. The zero-order valence-electron chi connectivity index (χ0n) is 15.5. The van der Waals surface area contributed by atoms with Gasteiger partial charge in [0, 0.05) is 25.6 Å². The van der Waals surface area contributed by atoms with Gasteiger partial charge in [-0.05, 0) is 43.9 Å². The molecule has 2 aromatic rings. The monoisotopic (exact) mass is 386 g/mol. The summed E-state index contributed by atoms with van der Waals surface area (Å²) in [6, 6.07) is 5.89. The van der Waals surface area contributed by atoms with Crippen LogP contribution in [0.25, 0.3) is 5.69 Å². The molecule has 0 bridgehead atoms. The van der Waals surface area contributed by atoms with E-state index >= 15 is 0 Å². The Bertz CT molecular complexity index is 883. The lowest BCUT2D eigenvalue weighted by atomic mass is 9.89. The standard InChI is InChI=1S/C20H23FN4O3/c21-14-3-1-4-15(11-14)25-19(22)16(12-23-25)18(26)13-6-8-24(9-7-13)20(27)17-5-2-10-28-17/h1,3-4,11-13,17H,2,5-10,22H2/t17-/m0/s1. The van der Waals surface area contributed by atoms with E-state index in [1.807, 2.05) is 0 Å². The van der Waals surface area contributed by atoms with Crippen LogP contribution in [0.5, 0.6) is 0 Å². The molecule has 2 saturated heterocycles. The minimum absolute atomic E-state index is 0.0295. The van der Waals surface area contributed by atoms with Crippen LogP contribution in [-0.4, -0.2) is 52.2 Å². The minimum Gasteiger partial charge on any atom is -0.383 e. The van der Waals surface area contributed by atoms with Crippen LogP contribution < -0.4 is 5.73 Å². The second kappa shape index (κ2) is 7.71. The number of ketones is 1. The van der Waals surface area contributed by atoms with Crippen LogP contribution in [0.4, 0.5) is 10.2 Å². The van der Waals surface area contributed by atoms with Crippen molar-refractivity contribution in [2.24, 2.45) is 5.92 Å². The minimum atomic E-state index is -0.399. The summed E-state index contributed by atoms with van der Waals surface area (Å²) in [5.41, 5.74) is 6.93. The number of ether oxygens (including phenoxy) is 1. The van der Waals surface area contributed by atoms with Gasteiger partial charge in [0.05, 0.1) is 17.4 Å². The van der Waals surface area contributed by atoms with Gasteiger partial charge in [-0.1, -0.05) is 6.07 Å². The normalized spacial score (nSPS) is 20.5. The summed E-state index contributed by atoms with van der Waals surface area (Å²) in [5.74, 6) is -0.454. The second-order valence-electron chi connectivity index (χ2n) is 7.30. The molecule has 3 heterocycles. The van der Waals surface area contributed by atoms with Crippen LogP contribution in [0.1, 0.15) is 36.0 Å². The van der Waals surface area contributed by atoms with Crippen LogP contribution >= 0.6 is 0 Å². The van der Waals surface area contributed by atoms with Gasteiger partial charge >= 0.3 is 0 Å². The molecule has 2 aliphatic rings. The molecule has 2 aliphatic heterocycles. The summed E-state index contributed by atoms with van der Waals surface area (Å²) in [4.78, 5) is 27.2. The number of amides is 1. The van der Waals surface area contributed by atoms with Crippen LogP contribution in [0.2, 0.25) is 0 Å². The van der Waals surface area contributed by atoms with Gasteiger partial charge in [0.25, 0.3) is 5.91 Å². The first-order chi connectivity index (χ1) is 13.5. The molecule has 7 nitrogen and oxygen atoms in total. The molecule has 4 rings (SSSR count). The SMILES string of the molecule is Nc1c(C(=O)C2CCN(C(=O)[C@@H]3CCCO3)CC2)cnn1-c1cccc(F)c1. The third-order valence-corrected chi connectivity index (χ3v) is 5.51. The number of rotatable bonds is 4. The lowest BCUT2D eigenvalue weighted by molar-refractivity contribution is -0.142. The number of piperidine rings is 1. The van der Waals surface area contributed by atoms with Gasteiger partial charge in [-0.25, -0.2) is 9.07 Å². The van der Waals surface area contributed by atoms with Crippen molar-refractivity contribution < 1.29 is 18.7 Å². The summed E-state index contributed by atoms with van der Waals surface area (Å²) in [7, 11) is 0. The first kappa shape index (κ1) is 18.6. The molecular weight excluding hydrogens is 363 g/mol. The number of carbonyl (C=O) groups excluding carboxylic acids is 2. The Morgan fingerprint density at radius 1 is 1.21 bits per heavy atom. The highest BCUT2D eigenvalue weighted by Gasteiger charge is 2.33. The van der Waals surface area contributed by atoms with E-state index in [4.69, 9.17) is 10.5 Å². The van der Waals surface area contributed by atoms with Gasteiger partial charge in [-0.2, -0.15) is 5.10 Å². The number of nitrogens with zero attached hydrogens (tertiary/aromatic N) is 3. The lowest BCUT2D eigenvalue weighted by Crippen LogP contribution is -2.44. The molecule has 0 saturated carbocycles. The second-order valence-corrected chi connectivity index (χ2v) is 7.30. The summed E-state index contributed by atoms with van der Waals surface area (Å²) in [6.45, 7) is 1.71. The third kappa shape index (κ3) is 3.52. The fraction of sp³-hybridized carbons (Fsp3) is 0.450. The van der Waals surface area contributed by atoms with Crippen molar-refractivity contribution in [2.75, 3.05) is 25.4 Å². The molecule has 0 aliphatic carbocycles. The highest BCUT2D eigenvalue weighted by atomic mass is 19.1. The van der Waals surface area contributed by atoms with Crippen molar-refractivity contribution >= 4 is 17.5 Å². The molecule has 1 aromatic carbocycles. The Balaban J connectivity index is 1.42. The van der Waals surface area contributed by atoms with E-state index in [0.717, 1.165) is 12.8 Å². The number of carbonyl (C=O) groups is 2. The van der Waals surface area contributed by atoms with E-state index in [2.05, 4.69) is 5.10 Å². The Hall–Kier alpha value is -2.74. The molecular formula is C20H23FN4O3. The van der Waals surface area contributed by atoms with Gasteiger partial charge < -0.3 is 15.4 Å². The van der Waals surface area contributed by atoms with Crippen molar-refractivity contribution in [2.45, 2.75) is 31.8 Å². The van der Waals surface area contributed by atoms with Gasteiger partial charge in [0.15, 0.2) is 5.78 Å². The van der Waals surface area contributed by atoms with E-state index in [1.165, 1.54) is 23.0 Å². The van der Waals surface area contributed by atoms with Crippen molar-refractivity contribution in [1.82, 2.24) is 14.7 Å². The number of halogens is 1. The number of aromatic nitrogens is 2. The molecule has 0 unspecified atom stereocenters. The number of nitrogens with two attached hydrogens (primary N) is 1. The number of benzene rings is 1. The van der Waals surface area contributed by atoms with E-state index < -0.39 is 5.82 Å². The highest BCUT2D eigenvalue weighted by Crippen LogP contribution is 2.27. The van der Waals surface area contributed by atoms with E-state index in [1.54, 1.807) is 17.0 Å². The maximum absolute atomic E-state index is 13.5. The van der Waals surface area contributed by atoms with Gasteiger partial charge in [-0.15, -0.1) is 0 Å². The predicted molar refractivity (Wildman–Crippen MR) is 101 cm³/mol. The average molecular weight is 386 g/mol. The largest absolute Gasteiger partial charge is 0.383 e. The Morgan fingerprint density at radius 2 is 2.00 bits per heavy atom. The molecule has 1 aromatic heterocycles. The van der Waals surface area contributed by atoms with E-state index in [-0.39, 0.29) is 29.5 Å². The van der Waals surface area contributed by atoms with E-state index in [9.17, 15) is 14.0 Å². The Morgan fingerprint density at radius 3 is 2.68 bits per heavy atom. The molecule has 28 heavy (non-hydrogen) atoms. The maximum atomic E-state index is 13.5. The smallest absolute Gasteiger partial charge is 0.251 e. The van der Waals surface area contributed by atoms with Crippen molar-refractivity contribution in [1.29, 1.82) is 0 Å². The topological polar surface area (TPSA) is 90.5 Å². The molecule has 8 heteroatoms. The number of nitrogen functional groups attached to an aromatic ring is 1. The average Bonchev–Trinajstić information content (AvgIpc) is 3.37. The predicted octanol–water partition coefficient (Wildman–Crippen LogP) is 2.19. The van der Waals surface area contributed by atoms with Crippen LogP contribution in [0, 0.1) is 11.7 Å². The Labute approximate surface area is 162 Å².